The normalized spacial score (nSPS) is 30.6. The van der Waals surface area contributed by atoms with Crippen molar-refractivity contribution in [2.75, 3.05) is 0 Å². The van der Waals surface area contributed by atoms with E-state index in [1.807, 2.05) is 54.6 Å². The maximum absolute atomic E-state index is 13.4. The van der Waals surface area contributed by atoms with Gasteiger partial charge in [0.15, 0.2) is 0 Å². The van der Waals surface area contributed by atoms with Crippen LogP contribution in [0.2, 0.25) is 0 Å². The molecule has 5 nitrogen and oxygen atoms in total. The number of rotatable bonds is 6. The Balaban J connectivity index is 1.31. The van der Waals surface area contributed by atoms with Gasteiger partial charge in [-0.2, -0.15) is 0 Å². The van der Waals surface area contributed by atoms with E-state index >= 15 is 0 Å². The van der Waals surface area contributed by atoms with E-state index in [1.54, 1.807) is 6.92 Å². The highest BCUT2D eigenvalue weighted by atomic mass is 16.5. The Hall–Kier alpha value is -2.82. The SMILES string of the molecule is CC(=O)NC12CC3CC(C1)CC(C(=O)OCc1ccccc1Oc1ccccc1)(C3)C2. The van der Waals surface area contributed by atoms with Gasteiger partial charge < -0.3 is 14.8 Å². The molecule has 0 saturated heterocycles. The van der Waals surface area contributed by atoms with Gasteiger partial charge >= 0.3 is 5.97 Å². The molecule has 0 spiro atoms. The van der Waals surface area contributed by atoms with Crippen LogP contribution >= 0.6 is 0 Å². The summed E-state index contributed by atoms with van der Waals surface area (Å²) in [7, 11) is 0. The van der Waals surface area contributed by atoms with Crippen LogP contribution in [0.15, 0.2) is 54.6 Å². The summed E-state index contributed by atoms with van der Waals surface area (Å²) in [6.07, 6.45) is 5.62. The summed E-state index contributed by atoms with van der Waals surface area (Å²) >= 11 is 0. The van der Waals surface area contributed by atoms with Gasteiger partial charge in [0.2, 0.25) is 5.91 Å². The smallest absolute Gasteiger partial charge is 0.312 e. The molecule has 0 aromatic heterocycles. The summed E-state index contributed by atoms with van der Waals surface area (Å²) < 4.78 is 11.9. The fraction of sp³-hybridized carbons (Fsp3) is 0.462. The Morgan fingerprint density at radius 3 is 2.35 bits per heavy atom. The number of esters is 1. The van der Waals surface area contributed by atoms with Gasteiger partial charge in [-0.05, 0) is 68.6 Å². The first-order valence-electron chi connectivity index (χ1n) is 11.2. The van der Waals surface area contributed by atoms with Crippen molar-refractivity contribution in [2.24, 2.45) is 17.3 Å². The van der Waals surface area contributed by atoms with Crippen LogP contribution in [-0.2, 0) is 20.9 Å². The quantitative estimate of drug-likeness (QED) is 0.670. The highest BCUT2D eigenvalue weighted by Crippen LogP contribution is 2.62. The molecule has 4 aliphatic rings. The van der Waals surface area contributed by atoms with Gasteiger partial charge in [-0.1, -0.05) is 36.4 Å². The fourth-order valence-electron chi connectivity index (χ4n) is 6.66. The van der Waals surface area contributed by atoms with Gasteiger partial charge in [-0.25, -0.2) is 0 Å². The first kappa shape index (κ1) is 20.1. The summed E-state index contributed by atoms with van der Waals surface area (Å²) in [6.45, 7) is 1.76. The second-order valence-electron chi connectivity index (χ2n) is 9.80. The molecule has 0 radical (unpaired) electrons. The van der Waals surface area contributed by atoms with Crippen molar-refractivity contribution in [3.05, 3.63) is 60.2 Å². The Bertz CT molecular complexity index is 972. The van der Waals surface area contributed by atoms with E-state index in [9.17, 15) is 9.59 Å². The third-order valence-corrected chi connectivity index (χ3v) is 7.24. The molecular formula is C26H29NO4. The van der Waals surface area contributed by atoms with E-state index in [0.29, 0.717) is 24.0 Å². The molecule has 5 heteroatoms. The molecule has 162 valence electrons. The fourth-order valence-corrected chi connectivity index (χ4v) is 6.66. The standard InChI is InChI=1S/C26H29NO4/c1-18(28)27-26-14-19-11-20(15-26)13-25(12-19,17-26)24(29)30-16-21-7-5-6-10-23(21)31-22-8-3-2-4-9-22/h2-10,19-20H,11-17H2,1H3,(H,27,28). The lowest BCUT2D eigenvalue weighted by Gasteiger charge is -2.60. The van der Waals surface area contributed by atoms with E-state index in [2.05, 4.69) is 5.32 Å². The second kappa shape index (κ2) is 7.70. The predicted octanol–water partition coefficient (Wildman–Crippen LogP) is 5.00. The third-order valence-electron chi connectivity index (χ3n) is 7.24. The van der Waals surface area contributed by atoms with Crippen LogP contribution in [0.25, 0.3) is 0 Å². The van der Waals surface area contributed by atoms with Crippen LogP contribution in [0.1, 0.15) is 51.0 Å². The summed E-state index contributed by atoms with van der Waals surface area (Å²) in [5.74, 6) is 2.31. The molecule has 4 fully saturated rings. The number of benzene rings is 2. The molecule has 2 aromatic carbocycles. The third kappa shape index (κ3) is 3.93. The number of ether oxygens (including phenoxy) is 2. The molecule has 2 aromatic rings. The van der Waals surface area contributed by atoms with Gasteiger partial charge in [0, 0.05) is 18.0 Å². The molecule has 1 N–H and O–H groups in total. The summed E-state index contributed by atoms with van der Waals surface area (Å²) in [5.41, 5.74) is 0.145. The minimum Gasteiger partial charge on any atom is -0.460 e. The lowest BCUT2D eigenvalue weighted by Crippen LogP contribution is -2.64. The molecule has 31 heavy (non-hydrogen) atoms. The topological polar surface area (TPSA) is 64.6 Å². The number of carbonyl (C=O) groups is 2. The molecule has 4 saturated carbocycles. The van der Waals surface area contributed by atoms with Gasteiger partial charge in [-0.3, -0.25) is 9.59 Å². The van der Waals surface area contributed by atoms with E-state index in [-0.39, 0.29) is 24.0 Å². The maximum atomic E-state index is 13.4. The van der Waals surface area contributed by atoms with Crippen molar-refractivity contribution in [3.8, 4) is 11.5 Å². The first-order valence-corrected chi connectivity index (χ1v) is 11.2. The zero-order valence-corrected chi connectivity index (χ0v) is 17.9. The number of hydrogen-bond donors (Lipinski definition) is 1. The van der Waals surface area contributed by atoms with Crippen molar-refractivity contribution in [1.82, 2.24) is 5.32 Å². The average molecular weight is 420 g/mol. The number of carbonyl (C=O) groups excluding carboxylic acids is 2. The monoisotopic (exact) mass is 419 g/mol. The Morgan fingerprint density at radius 1 is 0.968 bits per heavy atom. The zero-order valence-electron chi connectivity index (χ0n) is 17.9. The zero-order chi connectivity index (χ0) is 21.5. The molecule has 4 aliphatic carbocycles. The molecule has 0 heterocycles. The number of nitrogens with one attached hydrogen (secondary N) is 1. The molecule has 1 amide bonds. The number of para-hydroxylation sites is 2. The van der Waals surface area contributed by atoms with Gasteiger partial charge in [-0.15, -0.1) is 0 Å². The minimum atomic E-state index is -0.470. The van der Waals surface area contributed by atoms with Crippen molar-refractivity contribution in [3.63, 3.8) is 0 Å². The molecular weight excluding hydrogens is 390 g/mol. The summed E-state index contributed by atoms with van der Waals surface area (Å²) in [4.78, 5) is 25.3. The Kier molecular flexibility index (Phi) is 4.99. The minimum absolute atomic E-state index is 0.00236. The van der Waals surface area contributed by atoms with E-state index in [4.69, 9.17) is 9.47 Å². The van der Waals surface area contributed by atoms with E-state index in [0.717, 1.165) is 37.0 Å². The second-order valence-corrected chi connectivity index (χ2v) is 9.80. The van der Waals surface area contributed by atoms with E-state index in [1.165, 1.54) is 6.42 Å². The molecule has 6 rings (SSSR count). The lowest BCUT2D eigenvalue weighted by molar-refractivity contribution is -0.177. The highest BCUT2D eigenvalue weighted by Gasteiger charge is 2.61. The molecule has 2 atom stereocenters. The Labute approximate surface area is 183 Å². The van der Waals surface area contributed by atoms with Crippen molar-refractivity contribution >= 4 is 11.9 Å². The van der Waals surface area contributed by atoms with Crippen LogP contribution in [0.4, 0.5) is 0 Å². The van der Waals surface area contributed by atoms with Gasteiger partial charge in [0.25, 0.3) is 0 Å². The van der Waals surface area contributed by atoms with Crippen molar-refractivity contribution < 1.29 is 19.1 Å². The molecule has 4 bridgehead atoms. The van der Waals surface area contributed by atoms with Crippen LogP contribution in [0.3, 0.4) is 0 Å². The summed E-state index contributed by atoms with van der Waals surface area (Å²) in [6, 6.07) is 17.3. The van der Waals surface area contributed by atoms with Crippen molar-refractivity contribution in [2.45, 2.75) is 57.6 Å². The largest absolute Gasteiger partial charge is 0.460 e. The van der Waals surface area contributed by atoms with Crippen LogP contribution in [0.5, 0.6) is 11.5 Å². The van der Waals surface area contributed by atoms with E-state index < -0.39 is 5.41 Å². The maximum Gasteiger partial charge on any atom is 0.312 e. The lowest BCUT2D eigenvalue weighted by atomic mass is 9.47. The highest BCUT2D eigenvalue weighted by molar-refractivity contribution is 5.79. The predicted molar refractivity (Wildman–Crippen MR) is 116 cm³/mol. The average Bonchev–Trinajstić information content (AvgIpc) is 2.72. The molecule has 0 aliphatic heterocycles. The van der Waals surface area contributed by atoms with Gasteiger partial charge in [0.1, 0.15) is 18.1 Å². The van der Waals surface area contributed by atoms with Crippen LogP contribution in [-0.4, -0.2) is 17.4 Å². The summed E-state index contributed by atoms with van der Waals surface area (Å²) in [5, 5.41) is 3.21. The van der Waals surface area contributed by atoms with Crippen LogP contribution in [0, 0.1) is 17.3 Å². The van der Waals surface area contributed by atoms with Gasteiger partial charge in [0.05, 0.1) is 5.41 Å². The Morgan fingerprint density at radius 2 is 1.65 bits per heavy atom. The number of hydrogen-bond acceptors (Lipinski definition) is 4. The number of amides is 1. The molecule has 2 unspecified atom stereocenters. The van der Waals surface area contributed by atoms with Crippen LogP contribution < -0.4 is 10.1 Å². The first-order chi connectivity index (χ1) is 15.0. The van der Waals surface area contributed by atoms with Crippen molar-refractivity contribution in [1.29, 1.82) is 0 Å².